The number of benzene rings is 1. The summed E-state index contributed by atoms with van der Waals surface area (Å²) in [6.45, 7) is 3.01. The third-order valence-electron chi connectivity index (χ3n) is 3.23. The van der Waals surface area contributed by atoms with Crippen LogP contribution in [0.2, 0.25) is 0 Å². The number of piperazine rings is 1. The van der Waals surface area contributed by atoms with Crippen LogP contribution in [-0.4, -0.2) is 39.6 Å². The van der Waals surface area contributed by atoms with Crippen LogP contribution in [0.25, 0.3) is 0 Å². The molecule has 4 nitrogen and oxygen atoms in total. The van der Waals surface area contributed by atoms with Gasteiger partial charge < -0.3 is 10.2 Å². The largest absolute Gasteiger partial charge is 0.501 e. The Kier molecular flexibility index (Phi) is 4.16. The molecule has 1 aromatic carbocycles. The minimum atomic E-state index is -5.60. The van der Waals surface area contributed by atoms with Gasteiger partial charge >= 0.3 is 5.51 Å². The van der Waals surface area contributed by atoms with Crippen molar-refractivity contribution in [2.45, 2.75) is 23.4 Å². The Morgan fingerprint density at radius 2 is 2.00 bits per heavy atom. The number of hydrogen-bond donors (Lipinski definition) is 1. The zero-order valence-corrected chi connectivity index (χ0v) is 11.9. The fourth-order valence-corrected chi connectivity index (χ4v) is 3.23. The van der Waals surface area contributed by atoms with Gasteiger partial charge in [-0.25, -0.2) is 12.8 Å². The van der Waals surface area contributed by atoms with E-state index in [4.69, 9.17) is 0 Å². The van der Waals surface area contributed by atoms with Gasteiger partial charge in [0, 0.05) is 25.7 Å². The number of rotatable bonds is 2. The lowest BCUT2D eigenvalue weighted by molar-refractivity contribution is -0.0435. The molecular weight excluding hydrogens is 312 g/mol. The zero-order valence-electron chi connectivity index (χ0n) is 11.1. The van der Waals surface area contributed by atoms with Crippen LogP contribution in [0.15, 0.2) is 23.1 Å². The van der Waals surface area contributed by atoms with Crippen molar-refractivity contribution in [1.82, 2.24) is 5.32 Å². The highest BCUT2D eigenvalue weighted by atomic mass is 32.2. The van der Waals surface area contributed by atoms with E-state index in [0.717, 1.165) is 12.1 Å². The predicted molar refractivity (Wildman–Crippen MR) is 69.3 cm³/mol. The Morgan fingerprint density at radius 1 is 1.33 bits per heavy atom. The fraction of sp³-hybridized carbons (Fsp3) is 0.500. The molecule has 1 saturated heterocycles. The van der Waals surface area contributed by atoms with Crippen LogP contribution in [0.1, 0.15) is 6.92 Å². The molecule has 1 aliphatic heterocycles. The first kappa shape index (κ1) is 16.0. The van der Waals surface area contributed by atoms with Crippen LogP contribution in [0.4, 0.5) is 23.2 Å². The number of alkyl halides is 3. The van der Waals surface area contributed by atoms with E-state index < -0.39 is 26.1 Å². The number of nitrogens with one attached hydrogen (secondary N) is 1. The molecule has 0 amide bonds. The molecule has 21 heavy (non-hydrogen) atoms. The first-order chi connectivity index (χ1) is 9.63. The van der Waals surface area contributed by atoms with Gasteiger partial charge in [0.15, 0.2) is 0 Å². The minimum absolute atomic E-state index is 0.00903. The average Bonchev–Trinajstić information content (AvgIpc) is 2.37. The van der Waals surface area contributed by atoms with E-state index in [1.807, 2.05) is 6.92 Å². The molecule has 0 aromatic heterocycles. The highest BCUT2D eigenvalue weighted by Crippen LogP contribution is 2.36. The Balaban J connectivity index is 2.53. The van der Waals surface area contributed by atoms with Gasteiger partial charge in [-0.05, 0) is 25.1 Å². The van der Waals surface area contributed by atoms with Crippen molar-refractivity contribution in [2.75, 3.05) is 24.5 Å². The van der Waals surface area contributed by atoms with Crippen molar-refractivity contribution in [3.63, 3.8) is 0 Å². The summed E-state index contributed by atoms with van der Waals surface area (Å²) in [5, 5.41) is 3.09. The van der Waals surface area contributed by atoms with E-state index in [1.165, 1.54) is 4.90 Å². The lowest BCUT2D eigenvalue weighted by Crippen LogP contribution is -2.49. The SMILES string of the molecule is CC1CN(c2ccc(F)cc2S(=O)(=O)C(F)(F)F)CCN1. The second-order valence-electron chi connectivity index (χ2n) is 4.86. The molecule has 0 spiro atoms. The number of anilines is 1. The molecule has 1 unspecified atom stereocenters. The molecule has 1 N–H and O–H groups in total. The highest BCUT2D eigenvalue weighted by molar-refractivity contribution is 7.92. The molecule has 0 saturated carbocycles. The molecule has 1 atom stereocenters. The van der Waals surface area contributed by atoms with E-state index in [0.29, 0.717) is 25.7 Å². The molecule has 118 valence electrons. The average molecular weight is 326 g/mol. The van der Waals surface area contributed by atoms with E-state index in [1.54, 1.807) is 0 Å². The lowest BCUT2D eigenvalue weighted by Gasteiger charge is -2.34. The Hall–Kier alpha value is -1.35. The molecular formula is C12H14F4N2O2S. The monoisotopic (exact) mass is 326 g/mol. The van der Waals surface area contributed by atoms with Gasteiger partial charge in [0.1, 0.15) is 10.7 Å². The van der Waals surface area contributed by atoms with Crippen molar-refractivity contribution < 1.29 is 26.0 Å². The van der Waals surface area contributed by atoms with Crippen LogP contribution < -0.4 is 10.2 Å². The van der Waals surface area contributed by atoms with Crippen molar-refractivity contribution >= 4 is 15.5 Å². The van der Waals surface area contributed by atoms with Crippen molar-refractivity contribution in [2.24, 2.45) is 0 Å². The molecule has 2 rings (SSSR count). The number of hydrogen-bond acceptors (Lipinski definition) is 4. The summed E-state index contributed by atoms with van der Waals surface area (Å²) in [4.78, 5) is 0.475. The second-order valence-corrected chi connectivity index (χ2v) is 6.77. The summed E-state index contributed by atoms with van der Waals surface area (Å²) in [6, 6.07) is 2.44. The molecule has 0 radical (unpaired) electrons. The van der Waals surface area contributed by atoms with E-state index in [9.17, 15) is 26.0 Å². The van der Waals surface area contributed by atoms with E-state index >= 15 is 0 Å². The Morgan fingerprint density at radius 3 is 2.57 bits per heavy atom. The third kappa shape index (κ3) is 3.13. The molecule has 0 bridgehead atoms. The van der Waals surface area contributed by atoms with Gasteiger partial charge in [0.25, 0.3) is 9.84 Å². The van der Waals surface area contributed by atoms with Gasteiger partial charge in [-0.15, -0.1) is 0 Å². The normalized spacial score (nSPS) is 20.6. The third-order valence-corrected chi connectivity index (χ3v) is 4.74. The number of halogens is 4. The van der Waals surface area contributed by atoms with Crippen molar-refractivity contribution in [3.05, 3.63) is 24.0 Å². The molecule has 1 heterocycles. The smallest absolute Gasteiger partial charge is 0.368 e. The molecule has 0 aliphatic carbocycles. The van der Waals surface area contributed by atoms with Crippen LogP contribution >= 0.6 is 0 Å². The first-order valence-electron chi connectivity index (χ1n) is 6.22. The Bertz CT molecular complexity index is 631. The Labute approximate surface area is 119 Å². The maximum Gasteiger partial charge on any atom is 0.501 e. The second kappa shape index (κ2) is 5.45. The van der Waals surface area contributed by atoms with E-state index in [-0.39, 0.29) is 11.7 Å². The van der Waals surface area contributed by atoms with Gasteiger partial charge in [-0.3, -0.25) is 0 Å². The van der Waals surface area contributed by atoms with Crippen LogP contribution in [0.3, 0.4) is 0 Å². The maximum atomic E-state index is 13.2. The summed E-state index contributed by atoms with van der Waals surface area (Å²) in [6.07, 6.45) is 0. The van der Waals surface area contributed by atoms with Gasteiger partial charge in [-0.2, -0.15) is 13.2 Å². The molecule has 9 heteroatoms. The van der Waals surface area contributed by atoms with Crippen molar-refractivity contribution in [1.29, 1.82) is 0 Å². The van der Waals surface area contributed by atoms with Crippen LogP contribution in [-0.2, 0) is 9.84 Å². The lowest BCUT2D eigenvalue weighted by atomic mass is 10.2. The summed E-state index contributed by atoms with van der Waals surface area (Å²) in [5.41, 5.74) is -5.59. The van der Waals surface area contributed by atoms with Gasteiger partial charge in [-0.1, -0.05) is 0 Å². The quantitative estimate of drug-likeness (QED) is 0.844. The minimum Gasteiger partial charge on any atom is -0.368 e. The molecule has 1 aromatic rings. The van der Waals surface area contributed by atoms with Crippen LogP contribution in [0, 0.1) is 5.82 Å². The number of sulfone groups is 1. The topological polar surface area (TPSA) is 49.4 Å². The highest BCUT2D eigenvalue weighted by Gasteiger charge is 2.48. The molecule has 1 fully saturated rings. The summed E-state index contributed by atoms with van der Waals surface area (Å²) in [7, 11) is -5.60. The van der Waals surface area contributed by atoms with Gasteiger partial charge in [0.05, 0.1) is 5.69 Å². The maximum absolute atomic E-state index is 13.2. The van der Waals surface area contributed by atoms with Crippen LogP contribution in [0.5, 0.6) is 0 Å². The summed E-state index contributed by atoms with van der Waals surface area (Å²) < 4.78 is 74.7. The predicted octanol–water partition coefficient (Wildman–Crippen LogP) is 1.92. The molecule has 1 aliphatic rings. The first-order valence-corrected chi connectivity index (χ1v) is 7.70. The standard InChI is InChI=1S/C12H14F4N2O2S/c1-8-7-18(5-4-17-8)10-3-2-9(13)6-11(10)21(19,20)12(14,15)16/h2-3,6,8,17H,4-5,7H2,1H3. The van der Waals surface area contributed by atoms with Gasteiger partial charge in [0.2, 0.25) is 0 Å². The number of nitrogens with zero attached hydrogens (tertiary/aromatic N) is 1. The zero-order chi connectivity index (χ0) is 15.8. The summed E-state index contributed by atoms with van der Waals surface area (Å²) in [5.74, 6) is -1.02. The summed E-state index contributed by atoms with van der Waals surface area (Å²) >= 11 is 0. The fourth-order valence-electron chi connectivity index (χ4n) is 2.24. The van der Waals surface area contributed by atoms with E-state index in [2.05, 4.69) is 5.32 Å². The van der Waals surface area contributed by atoms with Crippen molar-refractivity contribution in [3.8, 4) is 0 Å².